The van der Waals surface area contributed by atoms with Gasteiger partial charge in [-0.2, -0.15) is 10.1 Å². The molecule has 0 N–H and O–H groups in total. The van der Waals surface area contributed by atoms with Gasteiger partial charge < -0.3 is 9.47 Å². The minimum atomic E-state index is -2.35. The summed E-state index contributed by atoms with van der Waals surface area (Å²) in [7, 11) is 1.40. The Hall–Kier alpha value is -3.63. The topological polar surface area (TPSA) is 51.1 Å². The Labute approximate surface area is 217 Å². The van der Waals surface area contributed by atoms with E-state index in [-0.39, 0.29) is 28.7 Å². The van der Waals surface area contributed by atoms with E-state index in [0.717, 1.165) is 0 Å². The van der Waals surface area contributed by atoms with Crippen molar-refractivity contribution in [1.82, 2.24) is 0 Å². The molecule has 1 aliphatic heterocycles. The Morgan fingerprint density at radius 1 is 0.946 bits per heavy atom. The summed E-state index contributed by atoms with van der Waals surface area (Å²) in [5, 5.41) is 4.55. The van der Waals surface area contributed by atoms with Crippen LogP contribution in [0, 0.1) is 29.1 Å². The third-order valence-electron chi connectivity index (χ3n) is 5.36. The Morgan fingerprint density at radius 3 is 2.22 bits per heavy atom. The van der Waals surface area contributed by atoms with E-state index in [0.29, 0.717) is 26.9 Å². The first-order chi connectivity index (χ1) is 17.5. The molecule has 12 heteroatoms. The van der Waals surface area contributed by atoms with E-state index in [1.54, 1.807) is 36.4 Å². The lowest BCUT2D eigenvalue weighted by atomic mass is 10.1. The van der Waals surface area contributed by atoms with Gasteiger partial charge in [-0.15, -0.1) is 0 Å². The molecule has 0 bridgehead atoms. The van der Waals surface area contributed by atoms with E-state index < -0.39 is 40.7 Å². The molecule has 0 saturated carbocycles. The van der Waals surface area contributed by atoms with Crippen molar-refractivity contribution in [2.75, 3.05) is 12.1 Å². The third-order valence-corrected chi connectivity index (χ3v) is 6.10. The van der Waals surface area contributed by atoms with Crippen LogP contribution in [0.15, 0.2) is 47.1 Å². The van der Waals surface area contributed by atoms with Crippen LogP contribution in [-0.4, -0.2) is 18.7 Å². The standard InChI is InChI=1S/C25H15Cl2F5N2O3/c1-11-14(25(35)34(33-11)23-21(31)19(29)18(28)20(30)22(23)32)9-13-4-3-5-17(36-2)24(13)37-10-12-6-7-15(26)16(27)8-12/h3-9H,10H2,1-2H3/b14-9-. The zero-order valence-corrected chi connectivity index (χ0v) is 20.5. The molecule has 1 heterocycles. The largest absolute Gasteiger partial charge is 0.493 e. The predicted octanol–water partition coefficient (Wildman–Crippen LogP) is 7.08. The molecule has 1 amide bonds. The Morgan fingerprint density at radius 2 is 1.59 bits per heavy atom. The number of hydrazone groups is 1. The summed E-state index contributed by atoms with van der Waals surface area (Å²) in [6.45, 7) is 1.37. The molecule has 192 valence electrons. The average Bonchev–Trinajstić information content (AvgIpc) is 3.15. The summed E-state index contributed by atoms with van der Waals surface area (Å²) in [6, 6.07) is 9.67. The molecule has 0 spiro atoms. The number of methoxy groups -OCH3 is 1. The second-order valence-electron chi connectivity index (χ2n) is 7.69. The van der Waals surface area contributed by atoms with Crippen LogP contribution in [0.5, 0.6) is 11.5 Å². The minimum absolute atomic E-state index is 0.0329. The van der Waals surface area contributed by atoms with Gasteiger partial charge in [0.15, 0.2) is 34.8 Å². The van der Waals surface area contributed by atoms with Gasteiger partial charge in [-0.05, 0) is 36.8 Å². The normalized spacial score (nSPS) is 14.4. The van der Waals surface area contributed by atoms with Crippen LogP contribution in [0.25, 0.3) is 6.08 Å². The number of ether oxygens (including phenoxy) is 2. The molecule has 0 fully saturated rings. The molecule has 4 rings (SSSR count). The van der Waals surface area contributed by atoms with Gasteiger partial charge in [0.1, 0.15) is 12.3 Å². The van der Waals surface area contributed by atoms with Crippen molar-refractivity contribution in [3.8, 4) is 11.5 Å². The van der Waals surface area contributed by atoms with E-state index in [9.17, 15) is 26.7 Å². The number of para-hydroxylation sites is 1. The fourth-order valence-electron chi connectivity index (χ4n) is 3.52. The second-order valence-corrected chi connectivity index (χ2v) is 8.51. The quantitative estimate of drug-likeness (QED) is 0.141. The number of hydrogen-bond acceptors (Lipinski definition) is 4. The molecule has 0 radical (unpaired) electrons. The lowest BCUT2D eigenvalue weighted by Crippen LogP contribution is -2.25. The molecular formula is C25H15Cl2F5N2O3. The number of nitrogens with zero attached hydrogens (tertiary/aromatic N) is 2. The Balaban J connectivity index is 1.72. The van der Waals surface area contributed by atoms with Crippen molar-refractivity contribution in [2.24, 2.45) is 5.10 Å². The van der Waals surface area contributed by atoms with Crippen molar-refractivity contribution in [3.05, 3.63) is 92.2 Å². The van der Waals surface area contributed by atoms with Gasteiger partial charge in [-0.3, -0.25) is 4.79 Å². The van der Waals surface area contributed by atoms with Crippen molar-refractivity contribution in [1.29, 1.82) is 0 Å². The summed E-state index contributed by atoms with van der Waals surface area (Å²) < 4.78 is 80.8. The zero-order valence-electron chi connectivity index (χ0n) is 19.0. The highest BCUT2D eigenvalue weighted by Crippen LogP contribution is 2.37. The highest BCUT2D eigenvalue weighted by Gasteiger charge is 2.37. The van der Waals surface area contributed by atoms with Crippen LogP contribution >= 0.6 is 23.2 Å². The summed E-state index contributed by atoms with van der Waals surface area (Å²) in [6.07, 6.45) is 1.31. The number of amides is 1. The van der Waals surface area contributed by atoms with Crippen LogP contribution in [0.2, 0.25) is 10.0 Å². The number of hydrogen-bond donors (Lipinski definition) is 0. The Bertz CT molecular complexity index is 1460. The molecule has 5 nitrogen and oxygen atoms in total. The summed E-state index contributed by atoms with van der Waals surface area (Å²) in [5.74, 6) is -11.7. The molecule has 3 aromatic carbocycles. The van der Waals surface area contributed by atoms with Gasteiger partial charge in [0.05, 0.1) is 28.4 Å². The van der Waals surface area contributed by atoms with Crippen molar-refractivity contribution in [2.45, 2.75) is 13.5 Å². The molecule has 37 heavy (non-hydrogen) atoms. The van der Waals surface area contributed by atoms with Crippen LogP contribution in [0.3, 0.4) is 0 Å². The fraction of sp³-hybridized carbons (Fsp3) is 0.120. The van der Waals surface area contributed by atoms with Crippen molar-refractivity contribution in [3.63, 3.8) is 0 Å². The number of anilines is 1. The molecule has 0 aromatic heterocycles. The average molecular weight is 557 g/mol. The van der Waals surface area contributed by atoms with Gasteiger partial charge in [0.2, 0.25) is 5.82 Å². The van der Waals surface area contributed by atoms with E-state index in [1.807, 2.05) is 0 Å². The number of halogens is 7. The van der Waals surface area contributed by atoms with Gasteiger partial charge in [0, 0.05) is 5.56 Å². The first-order valence-electron chi connectivity index (χ1n) is 10.4. The minimum Gasteiger partial charge on any atom is -0.493 e. The van der Waals surface area contributed by atoms with Gasteiger partial charge in [0.25, 0.3) is 5.91 Å². The molecule has 0 aliphatic carbocycles. The number of rotatable bonds is 6. The highest BCUT2D eigenvalue weighted by molar-refractivity contribution is 6.42. The maximum Gasteiger partial charge on any atom is 0.280 e. The van der Waals surface area contributed by atoms with Crippen LogP contribution in [-0.2, 0) is 11.4 Å². The first-order valence-corrected chi connectivity index (χ1v) is 11.2. The third kappa shape index (κ3) is 4.86. The monoisotopic (exact) mass is 556 g/mol. The van der Waals surface area contributed by atoms with Gasteiger partial charge in [-0.1, -0.05) is 41.4 Å². The molecule has 0 saturated heterocycles. The summed E-state index contributed by atoms with van der Waals surface area (Å²) in [4.78, 5) is 13.0. The second kappa shape index (κ2) is 10.4. The maximum absolute atomic E-state index is 14.3. The zero-order chi connectivity index (χ0) is 27.0. The van der Waals surface area contributed by atoms with Crippen molar-refractivity contribution < 1.29 is 36.2 Å². The SMILES string of the molecule is COc1cccc(/C=C2\C(=O)N(c3c(F)c(F)c(F)c(F)c3F)N=C2C)c1OCc1ccc(Cl)c(Cl)c1. The van der Waals surface area contributed by atoms with Gasteiger partial charge in [-0.25, -0.2) is 22.0 Å². The van der Waals surface area contributed by atoms with E-state index >= 15 is 0 Å². The van der Waals surface area contributed by atoms with E-state index in [2.05, 4.69) is 5.10 Å². The van der Waals surface area contributed by atoms with Crippen molar-refractivity contribution >= 4 is 46.6 Å². The van der Waals surface area contributed by atoms with Crippen LogP contribution in [0.4, 0.5) is 27.6 Å². The smallest absolute Gasteiger partial charge is 0.280 e. The summed E-state index contributed by atoms with van der Waals surface area (Å²) >= 11 is 12.0. The molecule has 3 aromatic rings. The number of carbonyl (C=O) groups excluding carboxylic acids is 1. The first kappa shape index (κ1) is 26.4. The predicted molar refractivity (Wildman–Crippen MR) is 129 cm³/mol. The summed E-state index contributed by atoms with van der Waals surface area (Å²) in [5.41, 5.74) is -0.697. The van der Waals surface area contributed by atoms with E-state index in [1.165, 1.54) is 20.1 Å². The van der Waals surface area contributed by atoms with Crippen LogP contribution in [0.1, 0.15) is 18.1 Å². The van der Waals surface area contributed by atoms with Gasteiger partial charge >= 0.3 is 0 Å². The lowest BCUT2D eigenvalue weighted by molar-refractivity contribution is -0.114. The lowest BCUT2D eigenvalue weighted by Gasteiger charge is -2.16. The highest BCUT2D eigenvalue weighted by atomic mass is 35.5. The number of carbonyl (C=O) groups is 1. The van der Waals surface area contributed by atoms with E-state index in [4.69, 9.17) is 32.7 Å². The molecule has 0 atom stereocenters. The van der Waals surface area contributed by atoms with Crippen LogP contribution < -0.4 is 14.5 Å². The fourth-order valence-corrected chi connectivity index (χ4v) is 3.84. The molecule has 1 aliphatic rings. The molecular weight excluding hydrogens is 542 g/mol. The Kier molecular flexibility index (Phi) is 7.42. The number of benzene rings is 3. The molecule has 0 unspecified atom stereocenters. The maximum atomic E-state index is 14.3.